The summed E-state index contributed by atoms with van der Waals surface area (Å²) in [5.74, 6) is 0.276. The number of pyridine rings is 1. The lowest BCUT2D eigenvalue weighted by Gasteiger charge is -2.34. The molecule has 1 saturated heterocycles. The Kier molecular flexibility index (Phi) is 3.28. The van der Waals surface area contributed by atoms with Crippen molar-refractivity contribution in [2.45, 2.75) is 25.8 Å². The van der Waals surface area contributed by atoms with Gasteiger partial charge in [0.25, 0.3) is 0 Å². The fourth-order valence-electron chi connectivity index (χ4n) is 2.72. The van der Waals surface area contributed by atoms with Crippen LogP contribution in [0.15, 0.2) is 18.2 Å². The highest BCUT2D eigenvalue weighted by atomic mass is 16.2. The van der Waals surface area contributed by atoms with Crippen molar-refractivity contribution >= 4 is 5.91 Å². The van der Waals surface area contributed by atoms with Crippen LogP contribution in [-0.2, 0) is 17.8 Å². The van der Waals surface area contributed by atoms with Gasteiger partial charge in [-0.05, 0) is 31.4 Å². The molecule has 1 fully saturated rings. The van der Waals surface area contributed by atoms with Crippen molar-refractivity contribution in [1.29, 1.82) is 0 Å². The number of aryl methyl sites for hydroxylation is 1. The molecular formula is C14H19N3O. The highest BCUT2D eigenvalue weighted by molar-refractivity contribution is 5.79. The van der Waals surface area contributed by atoms with Crippen LogP contribution in [0.3, 0.4) is 0 Å². The van der Waals surface area contributed by atoms with E-state index >= 15 is 0 Å². The molecule has 3 aliphatic rings. The molecule has 4 bridgehead atoms. The standard InChI is InChI=1S/C14H19N3O/c18-14-11-16-8-9-17(14)7-2-1-4-12-5-3-6-13(10-16)15-12/h3,5-6H,1-2,4,7-11H2. The molecule has 3 aliphatic heterocycles. The van der Waals surface area contributed by atoms with Crippen molar-refractivity contribution in [3.63, 3.8) is 0 Å². The lowest BCUT2D eigenvalue weighted by atomic mass is 10.1. The van der Waals surface area contributed by atoms with Crippen LogP contribution in [-0.4, -0.2) is 46.9 Å². The first-order valence-corrected chi connectivity index (χ1v) is 6.76. The highest BCUT2D eigenvalue weighted by Gasteiger charge is 2.24. The molecule has 0 aliphatic carbocycles. The van der Waals surface area contributed by atoms with E-state index < -0.39 is 0 Å². The van der Waals surface area contributed by atoms with E-state index in [0.29, 0.717) is 6.54 Å². The zero-order chi connectivity index (χ0) is 12.4. The molecule has 96 valence electrons. The average Bonchev–Trinajstić information content (AvgIpc) is 2.36. The van der Waals surface area contributed by atoms with E-state index in [1.54, 1.807) is 0 Å². The molecule has 0 spiro atoms. The van der Waals surface area contributed by atoms with Crippen LogP contribution < -0.4 is 0 Å². The van der Waals surface area contributed by atoms with E-state index in [4.69, 9.17) is 0 Å². The van der Waals surface area contributed by atoms with Crippen molar-refractivity contribution < 1.29 is 4.79 Å². The predicted octanol–water partition coefficient (Wildman–Crippen LogP) is 1.06. The average molecular weight is 245 g/mol. The fourth-order valence-corrected chi connectivity index (χ4v) is 2.72. The SMILES string of the molecule is O=C1CN2CCN1CCCCc1cccc(n1)C2. The zero-order valence-corrected chi connectivity index (χ0v) is 10.6. The quantitative estimate of drug-likeness (QED) is 0.686. The van der Waals surface area contributed by atoms with Gasteiger partial charge < -0.3 is 4.90 Å². The Morgan fingerprint density at radius 2 is 1.89 bits per heavy atom. The summed E-state index contributed by atoms with van der Waals surface area (Å²) >= 11 is 0. The minimum absolute atomic E-state index is 0.276. The van der Waals surface area contributed by atoms with Crippen LogP contribution in [0.2, 0.25) is 0 Å². The number of hydrogen-bond donors (Lipinski definition) is 0. The van der Waals surface area contributed by atoms with Gasteiger partial charge in [-0.3, -0.25) is 14.7 Å². The summed E-state index contributed by atoms with van der Waals surface area (Å²) in [6, 6.07) is 6.25. The van der Waals surface area contributed by atoms with Gasteiger partial charge in [0.15, 0.2) is 0 Å². The second-order valence-corrected chi connectivity index (χ2v) is 5.17. The molecule has 0 aromatic carbocycles. The van der Waals surface area contributed by atoms with Crippen LogP contribution in [0.1, 0.15) is 24.2 Å². The molecular weight excluding hydrogens is 226 g/mol. The van der Waals surface area contributed by atoms with Crippen LogP contribution in [0, 0.1) is 0 Å². The monoisotopic (exact) mass is 245 g/mol. The summed E-state index contributed by atoms with van der Waals surface area (Å²) in [5.41, 5.74) is 2.28. The number of amides is 1. The molecule has 0 radical (unpaired) electrons. The molecule has 4 heterocycles. The highest BCUT2D eigenvalue weighted by Crippen LogP contribution is 2.12. The summed E-state index contributed by atoms with van der Waals surface area (Å²) in [6.07, 6.45) is 3.22. The Hall–Kier alpha value is -1.42. The number of nitrogens with zero attached hydrogens (tertiary/aromatic N) is 3. The van der Waals surface area contributed by atoms with E-state index in [9.17, 15) is 4.79 Å². The Labute approximate surface area is 108 Å². The van der Waals surface area contributed by atoms with Crippen molar-refractivity contribution in [2.24, 2.45) is 0 Å². The smallest absolute Gasteiger partial charge is 0.236 e. The molecule has 18 heavy (non-hydrogen) atoms. The fraction of sp³-hybridized carbons (Fsp3) is 0.571. The van der Waals surface area contributed by atoms with Gasteiger partial charge in [0.2, 0.25) is 5.91 Å². The molecule has 1 amide bonds. The molecule has 1 aromatic rings. The second-order valence-electron chi connectivity index (χ2n) is 5.17. The number of piperazine rings is 1. The Morgan fingerprint density at radius 1 is 1.00 bits per heavy atom. The zero-order valence-electron chi connectivity index (χ0n) is 10.6. The van der Waals surface area contributed by atoms with Crippen molar-refractivity contribution in [3.8, 4) is 0 Å². The number of hydrogen-bond acceptors (Lipinski definition) is 3. The number of carbonyl (C=O) groups is 1. The Bertz CT molecular complexity index is 444. The third kappa shape index (κ3) is 2.53. The summed E-state index contributed by atoms with van der Waals surface area (Å²) in [7, 11) is 0. The van der Waals surface area contributed by atoms with Crippen LogP contribution >= 0.6 is 0 Å². The molecule has 4 nitrogen and oxygen atoms in total. The third-order valence-electron chi connectivity index (χ3n) is 3.76. The molecule has 4 rings (SSSR count). The van der Waals surface area contributed by atoms with Gasteiger partial charge in [-0.15, -0.1) is 0 Å². The minimum atomic E-state index is 0.276. The summed E-state index contributed by atoms with van der Waals surface area (Å²) in [4.78, 5) is 20.9. The topological polar surface area (TPSA) is 36.4 Å². The summed E-state index contributed by atoms with van der Waals surface area (Å²) < 4.78 is 0. The predicted molar refractivity (Wildman–Crippen MR) is 69.0 cm³/mol. The van der Waals surface area contributed by atoms with Crippen LogP contribution in [0.4, 0.5) is 0 Å². The van der Waals surface area contributed by atoms with Gasteiger partial charge >= 0.3 is 0 Å². The maximum atomic E-state index is 12.0. The van der Waals surface area contributed by atoms with Crippen molar-refractivity contribution in [1.82, 2.24) is 14.8 Å². The van der Waals surface area contributed by atoms with Gasteiger partial charge in [-0.25, -0.2) is 0 Å². The molecule has 1 atom stereocenters. The van der Waals surface area contributed by atoms with Gasteiger partial charge in [-0.2, -0.15) is 0 Å². The molecule has 0 saturated carbocycles. The van der Waals surface area contributed by atoms with E-state index in [2.05, 4.69) is 28.1 Å². The molecule has 4 heteroatoms. The summed E-state index contributed by atoms with van der Waals surface area (Å²) in [5, 5.41) is 0. The number of fused-ring (bicyclic) bond motifs is 5. The van der Waals surface area contributed by atoms with Crippen LogP contribution in [0.25, 0.3) is 0 Å². The number of rotatable bonds is 0. The van der Waals surface area contributed by atoms with Gasteiger partial charge in [0.1, 0.15) is 0 Å². The normalized spacial score (nSPS) is 24.6. The number of carbonyl (C=O) groups excluding carboxylic acids is 1. The second kappa shape index (κ2) is 5.06. The van der Waals surface area contributed by atoms with Gasteiger partial charge in [0, 0.05) is 31.9 Å². The lowest BCUT2D eigenvalue weighted by molar-refractivity contribution is -0.136. The van der Waals surface area contributed by atoms with Crippen LogP contribution in [0.5, 0.6) is 0 Å². The Balaban J connectivity index is 1.83. The molecule has 0 N–H and O–H groups in total. The van der Waals surface area contributed by atoms with Gasteiger partial charge in [-0.1, -0.05) is 6.07 Å². The maximum Gasteiger partial charge on any atom is 0.236 e. The first kappa shape index (κ1) is 11.7. The van der Waals surface area contributed by atoms with E-state index in [1.165, 1.54) is 5.69 Å². The molecule has 1 aromatic heterocycles. The molecule has 1 unspecified atom stereocenters. The largest absolute Gasteiger partial charge is 0.340 e. The first-order chi connectivity index (χ1) is 8.81. The minimum Gasteiger partial charge on any atom is -0.340 e. The first-order valence-electron chi connectivity index (χ1n) is 6.76. The van der Waals surface area contributed by atoms with Crippen molar-refractivity contribution in [3.05, 3.63) is 29.6 Å². The summed E-state index contributed by atoms with van der Waals surface area (Å²) in [6.45, 7) is 4.10. The van der Waals surface area contributed by atoms with Crippen molar-refractivity contribution in [2.75, 3.05) is 26.2 Å². The van der Waals surface area contributed by atoms with E-state index in [0.717, 1.165) is 51.1 Å². The Morgan fingerprint density at radius 3 is 2.78 bits per heavy atom. The van der Waals surface area contributed by atoms with E-state index in [-0.39, 0.29) is 5.91 Å². The lowest BCUT2D eigenvalue weighted by Crippen LogP contribution is -2.50. The maximum absolute atomic E-state index is 12.0. The number of aromatic nitrogens is 1. The van der Waals surface area contributed by atoms with Gasteiger partial charge in [0.05, 0.1) is 12.2 Å². The third-order valence-corrected chi connectivity index (χ3v) is 3.76. The van der Waals surface area contributed by atoms with E-state index in [1.807, 2.05) is 4.90 Å².